The van der Waals surface area contributed by atoms with Crippen LogP contribution in [-0.4, -0.2) is 18.5 Å². The molecule has 1 fully saturated rings. The Morgan fingerprint density at radius 1 is 1.47 bits per heavy atom. The van der Waals surface area contributed by atoms with E-state index in [1.807, 2.05) is 13.8 Å². The molecule has 0 amide bonds. The van der Waals surface area contributed by atoms with Crippen LogP contribution in [0.5, 0.6) is 0 Å². The molecule has 15 heavy (non-hydrogen) atoms. The molecule has 1 rings (SSSR count). The first-order chi connectivity index (χ1) is 6.91. The third-order valence-electron chi connectivity index (χ3n) is 2.89. The SMILES string of the molecule is CCOC(=O)/C=C/C1C(C(=O)[O-])C1(C)C. The van der Waals surface area contributed by atoms with Gasteiger partial charge < -0.3 is 14.6 Å². The highest BCUT2D eigenvalue weighted by Crippen LogP contribution is 2.58. The van der Waals surface area contributed by atoms with Gasteiger partial charge in [-0.25, -0.2) is 4.79 Å². The lowest BCUT2D eigenvalue weighted by Gasteiger charge is -2.01. The Kier molecular flexibility index (Phi) is 3.17. The van der Waals surface area contributed by atoms with E-state index in [9.17, 15) is 14.7 Å². The minimum absolute atomic E-state index is 0.132. The highest BCUT2D eigenvalue weighted by molar-refractivity contribution is 5.82. The van der Waals surface area contributed by atoms with E-state index in [4.69, 9.17) is 4.74 Å². The molecule has 1 aliphatic rings. The van der Waals surface area contributed by atoms with Crippen LogP contribution in [0.1, 0.15) is 20.8 Å². The first kappa shape index (κ1) is 11.8. The summed E-state index contributed by atoms with van der Waals surface area (Å²) in [5.74, 6) is -2.12. The van der Waals surface area contributed by atoms with Gasteiger partial charge in [0.15, 0.2) is 0 Å². The predicted octanol–water partition coefficient (Wildman–Crippen LogP) is 0.128. The van der Waals surface area contributed by atoms with E-state index in [1.54, 1.807) is 13.0 Å². The number of aliphatic carboxylic acids is 1. The summed E-state index contributed by atoms with van der Waals surface area (Å²) in [5, 5.41) is 10.7. The van der Waals surface area contributed by atoms with Gasteiger partial charge in [0.25, 0.3) is 0 Å². The molecular formula is C11H15O4-. The van der Waals surface area contributed by atoms with Gasteiger partial charge in [0.05, 0.1) is 6.61 Å². The summed E-state index contributed by atoms with van der Waals surface area (Å²) in [5.41, 5.74) is -0.318. The van der Waals surface area contributed by atoms with E-state index in [1.165, 1.54) is 6.08 Å². The Hall–Kier alpha value is -1.32. The molecule has 2 atom stereocenters. The van der Waals surface area contributed by atoms with Crippen LogP contribution in [0.4, 0.5) is 0 Å². The second-order valence-corrected chi connectivity index (χ2v) is 4.26. The lowest BCUT2D eigenvalue weighted by Crippen LogP contribution is -2.26. The van der Waals surface area contributed by atoms with Crippen LogP contribution in [0.2, 0.25) is 0 Å². The summed E-state index contributed by atoms with van der Waals surface area (Å²) in [4.78, 5) is 21.7. The normalized spacial score (nSPS) is 27.7. The predicted molar refractivity (Wildman–Crippen MR) is 51.5 cm³/mol. The fourth-order valence-electron chi connectivity index (χ4n) is 1.86. The molecule has 0 aromatic carbocycles. The van der Waals surface area contributed by atoms with Crippen molar-refractivity contribution in [2.24, 2.45) is 17.3 Å². The highest BCUT2D eigenvalue weighted by atomic mass is 16.5. The van der Waals surface area contributed by atoms with Crippen LogP contribution in [0.25, 0.3) is 0 Å². The summed E-state index contributed by atoms with van der Waals surface area (Å²) in [6.07, 6.45) is 2.89. The molecule has 0 heterocycles. The monoisotopic (exact) mass is 211 g/mol. The molecule has 2 unspecified atom stereocenters. The van der Waals surface area contributed by atoms with Crippen LogP contribution >= 0.6 is 0 Å². The van der Waals surface area contributed by atoms with Gasteiger partial charge in [-0.2, -0.15) is 0 Å². The Labute approximate surface area is 88.9 Å². The first-order valence-electron chi connectivity index (χ1n) is 4.97. The number of esters is 1. The molecule has 1 aliphatic carbocycles. The Bertz CT molecular complexity index is 304. The smallest absolute Gasteiger partial charge is 0.330 e. The molecule has 0 spiro atoms. The summed E-state index contributed by atoms with van der Waals surface area (Å²) >= 11 is 0. The Balaban J connectivity index is 2.55. The van der Waals surface area contributed by atoms with Crippen LogP contribution in [0, 0.1) is 17.3 Å². The van der Waals surface area contributed by atoms with E-state index in [0.717, 1.165) is 0 Å². The fraction of sp³-hybridized carbons (Fsp3) is 0.636. The highest BCUT2D eigenvalue weighted by Gasteiger charge is 2.56. The number of hydrogen-bond donors (Lipinski definition) is 0. The van der Waals surface area contributed by atoms with Gasteiger partial charge in [0.2, 0.25) is 0 Å². The van der Waals surface area contributed by atoms with Crippen molar-refractivity contribution in [2.75, 3.05) is 6.61 Å². The topological polar surface area (TPSA) is 66.4 Å². The van der Waals surface area contributed by atoms with Gasteiger partial charge in [0.1, 0.15) is 0 Å². The minimum Gasteiger partial charge on any atom is -0.550 e. The van der Waals surface area contributed by atoms with Gasteiger partial charge in [-0.15, -0.1) is 0 Å². The van der Waals surface area contributed by atoms with Crippen LogP contribution in [0.15, 0.2) is 12.2 Å². The fourth-order valence-corrected chi connectivity index (χ4v) is 1.86. The summed E-state index contributed by atoms with van der Waals surface area (Å²) in [6.45, 7) is 5.72. The average molecular weight is 211 g/mol. The van der Waals surface area contributed by atoms with Crippen molar-refractivity contribution in [3.8, 4) is 0 Å². The molecule has 1 saturated carbocycles. The molecule has 4 nitrogen and oxygen atoms in total. The molecular weight excluding hydrogens is 196 g/mol. The van der Waals surface area contributed by atoms with Crippen molar-refractivity contribution in [3.63, 3.8) is 0 Å². The van der Waals surface area contributed by atoms with Crippen LogP contribution in [0.3, 0.4) is 0 Å². The average Bonchev–Trinajstić information content (AvgIpc) is 2.65. The van der Waals surface area contributed by atoms with E-state index >= 15 is 0 Å². The summed E-state index contributed by atoms with van der Waals surface area (Å²) in [7, 11) is 0. The van der Waals surface area contributed by atoms with Crippen molar-refractivity contribution < 1.29 is 19.4 Å². The Morgan fingerprint density at radius 3 is 2.47 bits per heavy atom. The van der Waals surface area contributed by atoms with E-state index in [0.29, 0.717) is 6.61 Å². The maximum absolute atomic E-state index is 11.0. The van der Waals surface area contributed by atoms with Gasteiger partial charge in [-0.3, -0.25) is 0 Å². The maximum Gasteiger partial charge on any atom is 0.330 e. The largest absolute Gasteiger partial charge is 0.550 e. The first-order valence-corrected chi connectivity index (χ1v) is 4.97. The quantitative estimate of drug-likeness (QED) is 0.489. The third kappa shape index (κ3) is 2.37. The zero-order valence-corrected chi connectivity index (χ0v) is 9.15. The van der Waals surface area contributed by atoms with E-state index in [-0.39, 0.29) is 11.3 Å². The van der Waals surface area contributed by atoms with Crippen molar-refractivity contribution in [1.29, 1.82) is 0 Å². The molecule has 0 aliphatic heterocycles. The zero-order chi connectivity index (χ0) is 11.6. The van der Waals surface area contributed by atoms with Gasteiger partial charge in [0, 0.05) is 18.0 Å². The molecule has 0 saturated heterocycles. The standard InChI is InChI=1S/C11H16O4/c1-4-15-8(12)6-5-7-9(10(13)14)11(7,2)3/h5-7,9H,4H2,1-3H3,(H,13,14)/p-1/b6-5+. The molecule has 4 heteroatoms. The second kappa shape index (κ2) is 4.04. The number of allylic oxidation sites excluding steroid dienone is 1. The maximum atomic E-state index is 11.0. The van der Waals surface area contributed by atoms with Gasteiger partial charge >= 0.3 is 5.97 Å². The lowest BCUT2D eigenvalue weighted by molar-refractivity contribution is -0.309. The lowest BCUT2D eigenvalue weighted by atomic mass is 10.1. The number of carboxylic acids is 1. The van der Waals surface area contributed by atoms with Crippen molar-refractivity contribution >= 4 is 11.9 Å². The summed E-state index contributed by atoms with van der Waals surface area (Å²) < 4.78 is 4.70. The number of rotatable bonds is 4. The van der Waals surface area contributed by atoms with Gasteiger partial charge in [-0.05, 0) is 18.3 Å². The number of carboxylic acid groups (broad SMARTS) is 1. The number of carbonyl (C=O) groups excluding carboxylic acids is 2. The Morgan fingerprint density at radius 2 is 2.07 bits per heavy atom. The number of ether oxygens (including phenoxy) is 1. The van der Waals surface area contributed by atoms with E-state index < -0.39 is 17.9 Å². The molecule has 0 N–H and O–H groups in total. The van der Waals surface area contributed by atoms with Crippen molar-refractivity contribution in [2.45, 2.75) is 20.8 Å². The van der Waals surface area contributed by atoms with E-state index in [2.05, 4.69) is 0 Å². The molecule has 0 bridgehead atoms. The molecule has 0 aromatic rings. The van der Waals surface area contributed by atoms with Crippen molar-refractivity contribution in [3.05, 3.63) is 12.2 Å². The second-order valence-electron chi connectivity index (χ2n) is 4.26. The number of hydrogen-bond acceptors (Lipinski definition) is 4. The number of carbonyl (C=O) groups is 2. The molecule has 84 valence electrons. The van der Waals surface area contributed by atoms with Crippen LogP contribution < -0.4 is 5.11 Å². The summed E-state index contributed by atoms with van der Waals surface area (Å²) in [6, 6.07) is 0. The zero-order valence-electron chi connectivity index (χ0n) is 9.15. The molecule has 0 aromatic heterocycles. The van der Waals surface area contributed by atoms with Crippen molar-refractivity contribution in [1.82, 2.24) is 0 Å². The molecule has 0 radical (unpaired) electrons. The van der Waals surface area contributed by atoms with Gasteiger partial charge in [-0.1, -0.05) is 19.9 Å². The van der Waals surface area contributed by atoms with Crippen LogP contribution in [-0.2, 0) is 14.3 Å². The minimum atomic E-state index is -1.06. The third-order valence-corrected chi connectivity index (χ3v) is 2.89.